The van der Waals surface area contributed by atoms with Gasteiger partial charge >= 0.3 is 30.4 Å². The van der Waals surface area contributed by atoms with Crippen LogP contribution in [0.25, 0.3) is 33.4 Å². The normalized spacial score (nSPS) is 15.4. The third-order valence-corrected chi connectivity index (χ3v) is 15.2. The van der Waals surface area contributed by atoms with Gasteiger partial charge in [-0.25, -0.2) is 29.0 Å². The van der Waals surface area contributed by atoms with E-state index in [4.69, 9.17) is 33.4 Å². The van der Waals surface area contributed by atoms with Crippen LogP contribution in [0.2, 0.25) is 0 Å². The van der Waals surface area contributed by atoms with Gasteiger partial charge in [0.25, 0.3) is 5.56 Å². The number of amides is 5. The number of likely N-dealkylation sites (N-methyl/N-ethyl adjacent to an activating group) is 2. The number of pyridine rings is 2. The van der Waals surface area contributed by atoms with Crippen molar-refractivity contribution in [2.24, 2.45) is 5.92 Å². The van der Waals surface area contributed by atoms with E-state index in [1.54, 1.807) is 94.6 Å². The van der Waals surface area contributed by atoms with Crippen LogP contribution in [0, 0.1) is 5.92 Å². The van der Waals surface area contributed by atoms with E-state index in [9.17, 15) is 38.4 Å². The number of hydrogen-bond donors (Lipinski definition) is 3. The predicted molar refractivity (Wildman–Crippen MR) is 310 cm³/mol. The molecule has 3 N–H and O–H groups in total. The molecule has 4 heterocycles. The molecule has 2 aromatic heterocycles. The molecule has 440 valence electrons. The largest absolute Gasteiger partial charge is 0.514 e. The minimum atomic E-state index is -1.99. The van der Waals surface area contributed by atoms with Gasteiger partial charge in [-0.2, -0.15) is 0 Å². The number of fused-ring (bicyclic) bond motifs is 8. The smallest absolute Gasteiger partial charge is 0.457 e. The average molecular weight is 1150 g/mol. The molecule has 3 aliphatic rings. The third kappa shape index (κ3) is 12.3. The summed E-state index contributed by atoms with van der Waals surface area (Å²) in [6.45, 7) is 13.7. The number of nitrogens with one attached hydrogen (secondary N) is 3. The molecule has 21 heteroatoms. The zero-order chi connectivity index (χ0) is 60.4. The topological polar surface area (TPSA) is 252 Å². The molecular weight excluding hydrogens is 1080 g/mol. The molecule has 1 aliphatic carbocycles. The van der Waals surface area contributed by atoms with E-state index >= 15 is 0 Å². The fourth-order valence-corrected chi connectivity index (χ4v) is 10.7. The molecule has 0 bridgehead atoms. The Bertz CT molecular complexity index is 3600. The van der Waals surface area contributed by atoms with Gasteiger partial charge in [0.05, 0.1) is 29.0 Å². The lowest BCUT2D eigenvalue weighted by Gasteiger charge is -2.36. The van der Waals surface area contributed by atoms with Gasteiger partial charge in [-0.3, -0.25) is 14.4 Å². The number of anilines is 1. The van der Waals surface area contributed by atoms with E-state index in [1.807, 2.05) is 55.5 Å². The summed E-state index contributed by atoms with van der Waals surface area (Å²) in [5.74, 6) is -2.13. The molecule has 4 aromatic carbocycles. The summed E-state index contributed by atoms with van der Waals surface area (Å²) in [5.41, 5.74) is 5.73. The van der Waals surface area contributed by atoms with Gasteiger partial charge in [-0.15, -0.1) is 0 Å². The first-order valence-corrected chi connectivity index (χ1v) is 28.0. The number of nitrogens with zero attached hydrogens (tertiary/aromatic N) is 4. The van der Waals surface area contributed by atoms with Crippen LogP contribution in [0.4, 0.5) is 24.9 Å². The highest BCUT2D eigenvalue weighted by Crippen LogP contribution is 2.45. The van der Waals surface area contributed by atoms with Gasteiger partial charge < -0.3 is 58.7 Å². The number of aryl methyl sites for hydroxylation is 1. The second kappa shape index (κ2) is 24.3. The van der Waals surface area contributed by atoms with E-state index in [-0.39, 0.29) is 74.6 Å². The fraction of sp³-hybridized carbons (Fsp3) is 0.381. The lowest BCUT2D eigenvalue weighted by atomic mass is 9.85. The second-order valence-electron chi connectivity index (χ2n) is 22.5. The van der Waals surface area contributed by atoms with E-state index in [0.717, 1.165) is 38.8 Å². The van der Waals surface area contributed by atoms with Gasteiger partial charge in [0, 0.05) is 55.3 Å². The van der Waals surface area contributed by atoms with Crippen LogP contribution in [-0.4, -0.2) is 113 Å². The van der Waals surface area contributed by atoms with Gasteiger partial charge in [0.2, 0.25) is 17.4 Å². The lowest BCUT2D eigenvalue weighted by Crippen LogP contribution is -2.53. The molecule has 0 saturated heterocycles. The molecule has 0 radical (unpaired) electrons. The number of esters is 1. The molecule has 0 fully saturated rings. The van der Waals surface area contributed by atoms with Crippen molar-refractivity contribution in [2.45, 2.75) is 117 Å². The Morgan fingerprint density at radius 2 is 1.45 bits per heavy atom. The number of cyclic esters (lactones) is 1. The third-order valence-electron chi connectivity index (χ3n) is 15.2. The standard InChI is InChI=1S/C63H69N7O14/c1-11-40-45-29-39(82-61(78)84-62(6,7)8)25-26-50(45)66-53-46(40)31-70-51(53)30-49-48(56(70)73)34-79-57(74)63(49,12-2)83-60(77)69(10)28-27-68(9)59(76)81-32-37-21-23-38(24-22-37)65-54(71)36(5)64-55(72)52(35(3)4)67-58(75)80-33-47-43-19-15-13-17-41(43)42-18-14-16-20-44(42)47/h13-26,29-30,35-36,47,52H,11-12,27-28,31-34H2,1-10H3,(H,64,72)(H,65,71)(H,67,75)/t36-,52-,63-/m0/s1. The lowest BCUT2D eigenvalue weighted by molar-refractivity contribution is -0.173. The SMILES string of the molecule is CCc1c2c(nc3ccc(OC(=O)OC(C)(C)C)cc13)-c1cc3c(c(=O)n1C2)COC(=O)[C@@]3(CC)OC(=O)N(C)CCN(C)C(=O)OCc1ccc(NC(=O)[C@H](C)NC(=O)[C@@H](NC(=O)OCC2c3ccccc3-c3ccccc32)C(C)C)cc1. The maximum atomic E-state index is 14.3. The molecule has 5 amide bonds. The molecule has 21 nitrogen and oxygen atoms in total. The van der Waals surface area contributed by atoms with Crippen molar-refractivity contribution in [1.82, 2.24) is 30.0 Å². The number of hydrogen-bond acceptors (Lipinski definition) is 15. The Labute approximate surface area is 485 Å². The van der Waals surface area contributed by atoms with Crippen LogP contribution >= 0.6 is 0 Å². The van der Waals surface area contributed by atoms with E-state index in [1.165, 1.54) is 30.8 Å². The molecule has 0 saturated carbocycles. The van der Waals surface area contributed by atoms with Crippen LogP contribution in [0.15, 0.2) is 102 Å². The Morgan fingerprint density at radius 1 is 0.798 bits per heavy atom. The monoisotopic (exact) mass is 1150 g/mol. The number of rotatable bonds is 17. The second-order valence-corrected chi connectivity index (χ2v) is 22.5. The van der Waals surface area contributed by atoms with Crippen molar-refractivity contribution < 1.29 is 62.0 Å². The summed E-state index contributed by atoms with van der Waals surface area (Å²) < 4.78 is 35.2. The van der Waals surface area contributed by atoms with Crippen LogP contribution in [0.1, 0.15) is 107 Å². The van der Waals surface area contributed by atoms with Crippen LogP contribution in [0.5, 0.6) is 5.75 Å². The highest BCUT2D eigenvalue weighted by Gasteiger charge is 2.51. The van der Waals surface area contributed by atoms with Crippen molar-refractivity contribution in [3.63, 3.8) is 0 Å². The molecule has 84 heavy (non-hydrogen) atoms. The van der Waals surface area contributed by atoms with Crippen LogP contribution in [0.3, 0.4) is 0 Å². The van der Waals surface area contributed by atoms with Crippen LogP contribution in [-0.2, 0) is 69.8 Å². The molecule has 9 rings (SSSR count). The van der Waals surface area contributed by atoms with Gasteiger partial charge in [-0.05, 0) is 116 Å². The number of carbonyl (C=O) groups excluding carboxylic acids is 7. The van der Waals surface area contributed by atoms with Crippen molar-refractivity contribution in [3.05, 3.63) is 146 Å². The Kier molecular flexibility index (Phi) is 17.2. The van der Waals surface area contributed by atoms with Gasteiger partial charge in [-0.1, -0.05) is 88.4 Å². The first-order valence-electron chi connectivity index (χ1n) is 28.0. The summed E-state index contributed by atoms with van der Waals surface area (Å²) >= 11 is 0. The van der Waals surface area contributed by atoms with E-state index < -0.39 is 71.1 Å². The summed E-state index contributed by atoms with van der Waals surface area (Å²) in [7, 11) is 2.94. The zero-order valence-corrected chi connectivity index (χ0v) is 48.7. The highest BCUT2D eigenvalue weighted by molar-refractivity contribution is 5.98. The van der Waals surface area contributed by atoms with E-state index in [2.05, 4.69) is 16.0 Å². The summed E-state index contributed by atoms with van der Waals surface area (Å²) in [6.07, 6.45) is -2.72. The van der Waals surface area contributed by atoms with Crippen molar-refractivity contribution >= 4 is 58.8 Å². The average Bonchev–Trinajstić information content (AvgIpc) is 1.91. The number of carbonyl (C=O) groups is 7. The molecule has 6 aromatic rings. The first-order chi connectivity index (χ1) is 40.0. The highest BCUT2D eigenvalue weighted by atomic mass is 16.7. The molecule has 3 atom stereocenters. The number of alkyl carbamates (subject to hydrolysis) is 1. The summed E-state index contributed by atoms with van der Waals surface area (Å²) in [5, 5.41) is 8.86. The number of aromatic nitrogens is 2. The summed E-state index contributed by atoms with van der Waals surface area (Å²) in [4.78, 5) is 115. The summed E-state index contributed by atoms with van der Waals surface area (Å²) in [6, 6.07) is 27.3. The van der Waals surface area contributed by atoms with Crippen molar-refractivity contribution in [1.29, 1.82) is 0 Å². The molecule has 2 aliphatic heterocycles. The minimum Gasteiger partial charge on any atom is -0.457 e. The Morgan fingerprint density at radius 3 is 2.08 bits per heavy atom. The van der Waals surface area contributed by atoms with Crippen molar-refractivity contribution in [3.8, 4) is 28.3 Å². The quantitative estimate of drug-likeness (QED) is 0.0436. The number of ether oxygens (including phenoxy) is 6. The molecular formula is C63H69N7O14. The Hall–Kier alpha value is -9.27. The zero-order valence-electron chi connectivity index (χ0n) is 48.7. The first kappa shape index (κ1) is 59.4. The minimum absolute atomic E-state index is 0.00726. The predicted octanol–water partition coefficient (Wildman–Crippen LogP) is 9.31. The Balaban J connectivity index is 0.753. The fourth-order valence-electron chi connectivity index (χ4n) is 10.7. The molecule has 0 unspecified atom stereocenters. The maximum Gasteiger partial charge on any atom is 0.514 e. The maximum absolute atomic E-state index is 14.3. The molecule has 0 spiro atoms. The van der Waals surface area contributed by atoms with Crippen molar-refractivity contribution in [2.75, 3.05) is 39.1 Å². The van der Waals surface area contributed by atoms with E-state index in [0.29, 0.717) is 34.6 Å². The van der Waals surface area contributed by atoms with Gasteiger partial charge in [0.15, 0.2) is 0 Å². The van der Waals surface area contributed by atoms with Crippen LogP contribution < -0.4 is 26.2 Å². The van der Waals surface area contributed by atoms with Gasteiger partial charge in [0.1, 0.15) is 43.3 Å². The number of benzene rings is 4.